The summed E-state index contributed by atoms with van der Waals surface area (Å²) in [5.74, 6) is 1.13. The highest BCUT2D eigenvalue weighted by Gasteiger charge is 2.25. The maximum atomic E-state index is 6.12. The fraction of sp³-hybridized carbons (Fsp3) is 0.538. The molecule has 1 unspecified atom stereocenters. The summed E-state index contributed by atoms with van der Waals surface area (Å²) >= 11 is 0. The van der Waals surface area contributed by atoms with Crippen LogP contribution in [-0.4, -0.2) is 37.6 Å². The van der Waals surface area contributed by atoms with Crippen LogP contribution in [0.5, 0.6) is 0 Å². The second-order valence-corrected chi connectivity index (χ2v) is 5.29. The van der Waals surface area contributed by atoms with Gasteiger partial charge < -0.3 is 27.4 Å². The van der Waals surface area contributed by atoms with Crippen molar-refractivity contribution >= 4 is 11.4 Å². The van der Waals surface area contributed by atoms with E-state index in [-0.39, 0.29) is 0 Å². The first kappa shape index (κ1) is 13.0. The van der Waals surface area contributed by atoms with Gasteiger partial charge in [0.2, 0.25) is 0 Å². The molecule has 1 atom stereocenters. The summed E-state index contributed by atoms with van der Waals surface area (Å²) in [6, 6.07) is 0. The lowest BCUT2D eigenvalue weighted by Crippen LogP contribution is -2.38. The van der Waals surface area contributed by atoms with Gasteiger partial charge in [-0.3, -0.25) is 0 Å². The smallest absolute Gasteiger partial charge is 0.120 e. The Bertz CT molecular complexity index is 509. The Morgan fingerprint density at radius 2 is 2.05 bits per heavy atom. The van der Waals surface area contributed by atoms with Gasteiger partial charge in [0, 0.05) is 32.0 Å². The molecule has 0 bridgehead atoms. The number of nitrogens with zero attached hydrogens (tertiary/aromatic N) is 2. The van der Waals surface area contributed by atoms with Crippen molar-refractivity contribution in [3.05, 3.63) is 23.3 Å². The van der Waals surface area contributed by atoms with Crippen LogP contribution in [0.4, 0.5) is 0 Å². The second-order valence-electron chi connectivity index (χ2n) is 5.29. The van der Waals surface area contributed by atoms with Crippen LogP contribution in [0, 0.1) is 5.92 Å². The van der Waals surface area contributed by atoms with E-state index in [9.17, 15) is 0 Å². The zero-order valence-corrected chi connectivity index (χ0v) is 11.4. The molecule has 108 valence electrons. The lowest BCUT2D eigenvalue weighted by atomic mass is 9.97. The standard InChI is InChI=1S/C13H21N7/c14-9(5-12-13(15)18-4-3-17-12)11-6-10(19-20-11)8-1-2-16-7-8/h5,8,16-18H,1-4,6-7,14-15H2/b9-5-. The van der Waals surface area contributed by atoms with Gasteiger partial charge in [-0.1, -0.05) is 0 Å². The maximum Gasteiger partial charge on any atom is 0.120 e. The SMILES string of the molecule is NC1=C(/C=C(\N)C2=NN=C(C3CCNC3)C2)NCCN1. The van der Waals surface area contributed by atoms with E-state index in [1.807, 2.05) is 6.08 Å². The highest BCUT2D eigenvalue weighted by Crippen LogP contribution is 2.19. The highest BCUT2D eigenvalue weighted by atomic mass is 15.2. The van der Waals surface area contributed by atoms with Crippen LogP contribution in [0.2, 0.25) is 0 Å². The van der Waals surface area contributed by atoms with E-state index in [4.69, 9.17) is 11.5 Å². The molecule has 0 amide bonds. The van der Waals surface area contributed by atoms with Crippen molar-refractivity contribution in [1.29, 1.82) is 0 Å². The number of nitrogens with two attached hydrogens (primary N) is 2. The first-order valence-corrected chi connectivity index (χ1v) is 7.03. The van der Waals surface area contributed by atoms with Crippen molar-refractivity contribution in [2.24, 2.45) is 27.6 Å². The summed E-state index contributed by atoms with van der Waals surface area (Å²) in [7, 11) is 0. The number of nitrogens with one attached hydrogen (secondary N) is 3. The predicted molar refractivity (Wildman–Crippen MR) is 80.0 cm³/mol. The third kappa shape index (κ3) is 2.62. The normalized spacial score (nSPS) is 27.0. The monoisotopic (exact) mass is 275 g/mol. The fourth-order valence-corrected chi connectivity index (χ4v) is 2.64. The van der Waals surface area contributed by atoms with Gasteiger partial charge in [-0.15, -0.1) is 0 Å². The molecule has 1 saturated heterocycles. The van der Waals surface area contributed by atoms with E-state index in [0.717, 1.165) is 56.1 Å². The number of rotatable bonds is 3. The van der Waals surface area contributed by atoms with Crippen LogP contribution < -0.4 is 27.4 Å². The van der Waals surface area contributed by atoms with Gasteiger partial charge >= 0.3 is 0 Å². The zero-order chi connectivity index (χ0) is 13.9. The minimum atomic E-state index is 0.503. The van der Waals surface area contributed by atoms with Gasteiger partial charge in [-0.2, -0.15) is 10.2 Å². The summed E-state index contributed by atoms with van der Waals surface area (Å²) in [6.07, 6.45) is 3.72. The zero-order valence-electron chi connectivity index (χ0n) is 11.4. The molecular formula is C13H21N7. The Kier molecular flexibility index (Phi) is 3.60. The highest BCUT2D eigenvalue weighted by molar-refractivity contribution is 6.15. The molecule has 3 aliphatic rings. The molecule has 0 aromatic heterocycles. The molecule has 0 aliphatic carbocycles. The molecule has 7 nitrogen and oxygen atoms in total. The second kappa shape index (κ2) is 5.54. The van der Waals surface area contributed by atoms with Crippen LogP contribution in [0.15, 0.2) is 33.5 Å². The minimum absolute atomic E-state index is 0.503. The van der Waals surface area contributed by atoms with Crippen molar-refractivity contribution < 1.29 is 0 Å². The lowest BCUT2D eigenvalue weighted by Gasteiger charge is -2.19. The molecule has 1 fully saturated rings. The Hall–Kier alpha value is -2.02. The Balaban J connectivity index is 1.66. The van der Waals surface area contributed by atoms with Gasteiger partial charge in [0.25, 0.3) is 0 Å². The third-order valence-electron chi connectivity index (χ3n) is 3.86. The van der Waals surface area contributed by atoms with Gasteiger partial charge in [-0.05, 0) is 19.0 Å². The molecule has 0 aromatic rings. The first-order valence-electron chi connectivity index (χ1n) is 7.03. The first-order chi connectivity index (χ1) is 9.74. The maximum absolute atomic E-state index is 6.12. The van der Waals surface area contributed by atoms with Crippen LogP contribution >= 0.6 is 0 Å². The minimum Gasteiger partial charge on any atom is -0.397 e. The molecular weight excluding hydrogens is 254 g/mol. The molecule has 3 rings (SSSR count). The topological polar surface area (TPSA) is 113 Å². The quantitative estimate of drug-likeness (QED) is 0.451. The summed E-state index contributed by atoms with van der Waals surface area (Å²) in [5.41, 5.74) is 15.4. The van der Waals surface area contributed by atoms with E-state index in [1.54, 1.807) is 0 Å². The van der Waals surface area contributed by atoms with Crippen LogP contribution in [0.25, 0.3) is 0 Å². The molecule has 7 N–H and O–H groups in total. The Labute approximate surface area is 118 Å². The Morgan fingerprint density at radius 1 is 1.20 bits per heavy atom. The molecule has 0 aromatic carbocycles. The number of hydrogen-bond donors (Lipinski definition) is 5. The van der Waals surface area contributed by atoms with E-state index in [0.29, 0.717) is 17.4 Å². The third-order valence-corrected chi connectivity index (χ3v) is 3.86. The van der Waals surface area contributed by atoms with Gasteiger partial charge in [0.15, 0.2) is 0 Å². The van der Waals surface area contributed by atoms with Crippen LogP contribution in [0.1, 0.15) is 12.8 Å². The molecule has 7 heteroatoms. The average molecular weight is 275 g/mol. The largest absolute Gasteiger partial charge is 0.397 e. The molecule has 20 heavy (non-hydrogen) atoms. The van der Waals surface area contributed by atoms with Crippen molar-refractivity contribution in [3.8, 4) is 0 Å². The summed E-state index contributed by atoms with van der Waals surface area (Å²) in [4.78, 5) is 0. The van der Waals surface area contributed by atoms with Gasteiger partial charge in [-0.25, -0.2) is 0 Å². The van der Waals surface area contributed by atoms with Crippen molar-refractivity contribution in [1.82, 2.24) is 16.0 Å². The molecule has 0 radical (unpaired) electrons. The lowest BCUT2D eigenvalue weighted by molar-refractivity contribution is 0.655. The number of hydrogen-bond acceptors (Lipinski definition) is 7. The van der Waals surface area contributed by atoms with Crippen molar-refractivity contribution in [2.45, 2.75) is 12.8 Å². The Morgan fingerprint density at radius 3 is 2.80 bits per heavy atom. The van der Waals surface area contributed by atoms with Gasteiger partial charge in [0.1, 0.15) is 5.82 Å². The fourth-order valence-electron chi connectivity index (χ4n) is 2.64. The van der Waals surface area contributed by atoms with Crippen molar-refractivity contribution in [3.63, 3.8) is 0 Å². The summed E-state index contributed by atoms with van der Waals surface area (Å²) < 4.78 is 0. The predicted octanol–water partition coefficient (Wildman–Crippen LogP) is -1.04. The molecule has 0 saturated carbocycles. The van der Waals surface area contributed by atoms with E-state index < -0.39 is 0 Å². The van der Waals surface area contributed by atoms with E-state index in [1.165, 1.54) is 0 Å². The van der Waals surface area contributed by atoms with Crippen molar-refractivity contribution in [2.75, 3.05) is 26.2 Å². The molecule has 0 spiro atoms. The average Bonchev–Trinajstić information content (AvgIpc) is 3.11. The van der Waals surface area contributed by atoms with Crippen LogP contribution in [-0.2, 0) is 0 Å². The van der Waals surface area contributed by atoms with Crippen LogP contribution in [0.3, 0.4) is 0 Å². The van der Waals surface area contributed by atoms with E-state index >= 15 is 0 Å². The van der Waals surface area contributed by atoms with E-state index in [2.05, 4.69) is 26.2 Å². The number of allylic oxidation sites excluding steroid dienone is 2. The summed E-state index contributed by atoms with van der Waals surface area (Å²) in [6.45, 7) is 3.71. The molecule has 3 heterocycles. The molecule has 3 aliphatic heterocycles. The van der Waals surface area contributed by atoms with Gasteiger partial charge in [0.05, 0.1) is 22.8 Å². The summed E-state index contributed by atoms with van der Waals surface area (Å²) in [5, 5.41) is 18.2.